The van der Waals surface area contributed by atoms with Crippen LogP contribution in [0, 0.1) is 6.92 Å². The summed E-state index contributed by atoms with van der Waals surface area (Å²) in [6.45, 7) is 8.18. The molecule has 0 saturated carbocycles. The molecular formula is C14H19NO. The topological polar surface area (TPSA) is 20.3 Å². The number of benzene rings is 1. The van der Waals surface area contributed by atoms with Crippen LogP contribution >= 0.6 is 0 Å². The number of nitrogens with zero attached hydrogens (tertiary/aromatic N) is 1. The predicted molar refractivity (Wildman–Crippen MR) is 67.5 cm³/mol. The first-order chi connectivity index (χ1) is 7.45. The molecule has 86 valence electrons. The van der Waals surface area contributed by atoms with Gasteiger partial charge < -0.3 is 4.90 Å². The van der Waals surface area contributed by atoms with Crippen molar-refractivity contribution in [1.29, 1.82) is 0 Å². The number of hydrogen-bond acceptors (Lipinski definition) is 2. The zero-order valence-corrected chi connectivity index (χ0v) is 10.7. The lowest BCUT2D eigenvalue weighted by molar-refractivity contribution is 0.101. The number of likely N-dealkylation sites (N-methyl/N-ethyl adjacent to an activating group) is 1. The molecule has 0 aromatic heterocycles. The molecule has 2 rings (SSSR count). The minimum atomic E-state index is 0.162. The van der Waals surface area contributed by atoms with Crippen molar-refractivity contribution in [3.05, 3.63) is 28.8 Å². The summed E-state index contributed by atoms with van der Waals surface area (Å²) in [4.78, 5) is 13.8. The van der Waals surface area contributed by atoms with Gasteiger partial charge in [-0.05, 0) is 44.0 Å². The van der Waals surface area contributed by atoms with Crippen LogP contribution in [0.2, 0.25) is 0 Å². The van der Waals surface area contributed by atoms with E-state index >= 15 is 0 Å². The molecule has 2 atom stereocenters. The summed E-state index contributed by atoms with van der Waals surface area (Å²) in [5, 5.41) is 0. The third kappa shape index (κ3) is 1.36. The molecule has 0 aliphatic carbocycles. The Labute approximate surface area is 97.3 Å². The van der Waals surface area contributed by atoms with Crippen molar-refractivity contribution in [3.63, 3.8) is 0 Å². The molecule has 0 saturated heterocycles. The largest absolute Gasteiger partial charge is 0.371 e. The molecule has 1 aromatic rings. The van der Waals surface area contributed by atoms with Gasteiger partial charge in [0, 0.05) is 30.3 Å². The van der Waals surface area contributed by atoms with Gasteiger partial charge in [0.15, 0.2) is 5.78 Å². The summed E-state index contributed by atoms with van der Waals surface area (Å²) in [6, 6.07) is 4.55. The summed E-state index contributed by atoms with van der Waals surface area (Å²) < 4.78 is 0. The van der Waals surface area contributed by atoms with E-state index in [0.29, 0.717) is 12.0 Å². The molecule has 2 heteroatoms. The van der Waals surface area contributed by atoms with Gasteiger partial charge in [0.2, 0.25) is 0 Å². The van der Waals surface area contributed by atoms with Gasteiger partial charge in [0.1, 0.15) is 0 Å². The van der Waals surface area contributed by atoms with Crippen molar-refractivity contribution < 1.29 is 4.79 Å². The van der Waals surface area contributed by atoms with Gasteiger partial charge >= 0.3 is 0 Å². The fraction of sp³-hybridized carbons (Fsp3) is 0.500. The third-order valence-corrected chi connectivity index (χ3v) is 4.04. The molecule has 1 aliphatic heterocycles. The predicted octanol–water partition coefficient (Wildman–Crippen LogP) is 3.14. The van der Waals surface area contributed by atoms with E-state index in [9.17, 15) is 4.79 Å². The van der Waals surface area contributed by atoms with Crippen LogP contribution in [0.15, 0.2) is 12.1 Å². The van der Waals surface area contributed by atoms with Gasteiger partial charge in [-0.3, -0.25) is 4.79 Å². The maximum Gasteiger partial charge on any atom is 0.160 e. The number of carbonyl (C=O) groups is 1. The standard InChI is InChI=1S/C14H19NO/c1-8-10(3)15(5)13-7-6-12(11(4)16)9(2)14(8)13/h6-8,10H,1-5H3. The number of fused-ring (bicyclic) bond motifs is 1. The highest BCUT2D eigenvalue weighted by molar-refractivity contribution is 5.96. The van der Waals surface area contributed by atoms with Crippen LogP contribution in [0.3, 0.4) is 0 Å². The molecule has 0 radical (unpaired) electrons. The molecule has 0 fully saturated rings. The Kier molecular flexibility index (Phi) is 2.53. The van der Waals surface area contributed by atoms with Crippen LogP contribution < -0.4 is 4.90 Å². The highest BCUT2D eigenvalue weighted by Gasteiger charge is 2.32. The molecule has 0 bridgehead atoms. The van der Waals surface area contributed by atoms with Crippen molar-refractivity contribution in [2.75, 3.05) is 11.9 Å². The zero-order chi connectivity index (χ0) is 12.0. The van der Waals surface area contributed by atoms with Gasteiger partial charge in [0.25, 0.3) is 0 Å². The quantitative estimate of drug-likeness (QED) is 0.673. The Morgan fingerprint density at radius 2 is 1.94 bits per heavy atom. The fourth-order valence-corrected chi connectivity index (χ4v) is 2.77. The first kappa shape index (κ1) is 11.2. The number of anilines is 1. The van der Waals surface area contributed by atoms with Crippen LogP contribution in [-0.4, -0.2) is 18.9 Å². The molecule has 1 aromatic carbocycles. The summed E-state index contributed by atoms with van der Waals surface area (Å²) in [5.41, 5.74) is 4.66. The van der Waals surface area contributed by atoms with Gasteiger partial charge in [-0.2, -0.15) is 0 Å². The Bertz CT molecular complexity index is 450. The van der Waals surface area contributed by atoms with E-state index in [1.165, 1.54) is 11.3 Å². The molecule has 0 N–H and O–H groups in total. The fourth-order valence-electron chi connectivity index (χ4n) is 2.77. The van der Waals surface area contributed by atoms with Crippen molar-refractivity contribution >= 4 is 11.5 Å². The van der Waals surface area contributed by atoms with Gasteiger partial charge in [-0.15, -0.1) is 0 Å². The van der Waals surface area contributed by atoms with E-state index in [2.05, 4.69) is 38.8 Å². The second-order valence-electron chi connectivity index (χ2n) is 4.87. The van der Waals surface area contributed by atoms with Gasteiger partial charge in [-0.25, -0.2) is 0 Å². The maximum atomic E-state index is 11.5. The average Bonchev–Trinajstić information content (AvgIpc) is 2.44. The highest BCUT2D eigenvalue weighted by Crippen LogP contribution is 2.42. The molecule has 16 heavy (non-hydrogen) atoms. The van der Waals surface area contributed by atoms with Crippen molar-refractivity contribution in [2.45, 2.75) is 39.7 Å². The van der Waals surface area contributed by atoms with E-state index < -0.39 is 0 Å². The van der Waals surface area contributed by atoms with E-state index in [0.717, 1.165) is 11.1 Å². The zero-order valence-electron chi connectivity index (χ0n) is 10.7. The Balaban J connectivity index is 2.64. The number of carbonyl (C=O) groups excluding carboxylic acids is 1. The molecule has 1 heterocycles. The average molecular weight is 217 g/mol. The first-order valence-electron chi connectivity index (χ1n) is 5.82. The SMILES string of the molecule is CC(=O)c1ccc2c(c1C)C(C)C(C)N2C. The molecule has 0 spiro atoms. The lowest BCUT2D eigenvalue weighted by Gasteiger charge is -2.20. The van der Waals surface area contributed by atoms with Crippen LogP contribution in [0.25, 0.3) is 0 Å². The normalized spacial score (nSPS) is 23.4. The smallest absolute Gasteiger partial charge is 0.160 e. The summed E-state index contributed by atoms with van der Waals surface area (Å²) in [5.74, 6) is 0.661. The molecule has 2 unspecified atom stereocenters. The Morgan fingerprint density at radius 1 is 1.31 bits per heavy atom. The highest BCUT2D eigenvalue weighted by atomic mass is 16.1. The second-order valence-corrected chi connectivity index (χ2v) is 4.87. The summed E-state index contributed by atoms with van der Waals surface area (Å²) >= 11 is 0. The van der Waals surface area contributed by atoms with Crippen LogP contribution in [-0.2, 0) is 0 Å². The van der Waals surface area contributed by atoms with E-state index in [4.69, 9.17) is 0 Å². The minimum Gasteiger partial charge on any atom is -0.371 e. The number of rotatable bonds is 1. The maximum absolute atomic E-state index is 11.5. The van der Waals surface area contributed by atoms with Crippen LogP contribution in [0.1, 0.15) is 48.2 Å². The van der Waals surface area contributed by atoms with Gasteiger partial charge in [-0.1, -0.05) is 6.92 Å². The van der Waals surface area contributed by atoms with Crippen LogP contribution in [0.5, 0.6) is 0 Å². The number of Topliss-reactive ketones (excluding diaryl/α,β-unsaturated/α-hetero) is 1. The molecule has 2 nitrogen and oxygen atoms in total. The Hall–Kier alpha value is -1.31. The molecular weight excluding hydrogens is 198 g/mol. The van der Waals surface area contributed by atoms with E-state index in [-0.39, 0.29) is 5.78 Å². The van der Waals surface area contributed by atoms with Crippen molar-refractivity contribution in [3.8, 4) is 0 Å². The number of ketones is 1. The van der Waals surface area contributed by atoms with Crippen molar-refractivity contribution in [1.82, 2.24) is 0 Å². The lowest BCUT2D eigenvalue weighted by Crippen LogP contribution is -2.25. The monoisotopic (exact) mass is 217 g/mol. The summed E-state index contributed by atoms with van der Waals surface area (Å²) in [7, 11) is 2.12. The minimum absolute atomic E-state index is 0.162. The second kappa shape index (κ2) is 3.62. The van der Waals surface area contributed by atoms with Crippen LogP contribution in [0.4, 0.5) is 5.69 Å². The van der Waals surface area contributed by atoms with Crippen molar-refractivity contribution in [2.24, 2.45) is 0 Å². The van der Waals surface area contributed by atoms with E-state index in [1.807, 2.05) is 6.07 Å². The first-order valence-corrected chi connectivity index (χ1v) is 5.82. The summed E-state index contributed by atoms with van der Waals surface area (Å²) in [6.07, 6.45) is 0. The third-order valence-electron chi connectivity index (χ3n) is 4.04. The van der Waals surface area contributed by atoms with Gasteiger partial charge in [0.05, 0.1) is 0 Å². The Morgan fingerprint density at radius 3 is 2.50 bits per heavy atom. The molecule has 0 amide bonds. The molecule has 1 aliphatic rings. The lowest BCUT2D eigenvalue weighted by atomic mass is 9.90. The van der Waals surface area contributed by atoms with E-state index in [1.54, 1.807) is 6.92 Å². The number of hydrogen-bond donors (Lipinski definition) is 0.